The molecule has 130 valence electrons. The fraction of sp³-hybridized carbons (Fsp3) is 0.944. The molecule has 0 rings (SSSR count). The summed E-state index contributed by atoms with van der Waals surface area (Å²) in [6.07, 6.45) is 15.1. The first-order valence-corrected chi connectivity index (χ1v) is 9.84. The van der Waals surface area contributed by atoms with Crippen molar-refractivity contribution in [1.82, 2.24) is 0 Å². The molecule has 0 bridgehead atoms. The second-order valence-electron chi connectivity index (χ2n) is 5.99. The molecule has 0 aliphatic rings. The first-order chi connectivity index (χ1) is 10.7. The topological polar surface area (TPSA) is 33.0 Å². The van der Waals surface area contributed by atoms with Gasteiger partial charge in [0.25, 0.3) is 0 Å². The summed E-state index contributed by atoms with van der Waals surface area (Å²) in [5, 5.41) is 8.59. The molecule has 1 atom stereocenters. The number of rotatable bonds is 16. The summed E-state index contributed by atoms with van der Waals surface area (Å²) in [5.74, 6) is 0. The Bertz CT molecular complexity index is 266. The van der Waals surface area contributed by atoms with Crippen molar-refractivity contribution < 1.29 is 4.74 Å². The molecule has 0 heterocycles. The number of nitrogens with zero attached hydrogens (tertiary/aromatic N) is 1. The van der Waals surface area contributed by atoms with Crippen LogP contribution >= 0.6 is 23.2 Å². The Morgan fingerprint density at radius 3 is 2.05 bits per heavy atom. The number of halogens is 2. The van der Waals surface area contributed by atoms with Crippen molar-refractivity contribution in [3.05, 3.63) is 0 Å². The van der Waals surface area contributed by atoms with Crippen molar-refractivity contribution in [2.75, 3.05) is 6.61 Å². The summed E-state index contributed by atoms with van der Waals surface area (Å²) < 4.78 is 5.93. The van der Waals surface area contributed by atoms with E-state index in [1.165, 1.54) is 44.9 Å². The van der Waals surface area contributed by atoms with Crippen molar-refractivity contribution in [2.45, 2.75) is 101 Å². The highest BCUT2D eigenvalue weighted by atomic mass is 35.5. The van der Waals surface area contributed by atoms with Crippen molar-refractivity contribution >= 4 is 23.2 Å². The number of unbranched alkanes of at least 4 members (excludes halogenated alkanes) is 8. The van der Waals surface area contributed by atoms with Crippen LogP contribution in [0.15, 0.2) is 0 Å². The van der Waals surface area contributed by atoms with Gasteiger partial charge in [0.05, 0.1) is 12.2 Å². The standard InChI is InChI=1S/C18H33Cl2NO/c1-2-3-4-5-6-7-9-12-17(13-10-8-11-15-21)22-16-14-18(19)20/h17-18H,2-14,16H2,1H3. The Morgan fingerprint density at radius 2 is 1.45 bits per heavy atom. The number of alkyl halides is 2. The van der Waals surface area contributed by atoms with Gasteiger partial charge in [0.2, 0.25) is 0 Å². The van der Waals surface area contributed by atoms with Crippen molar-refractivity contribution in [3.8, 4) is 6.07 Å². The SMILES string of the molecule is CCCCCCCCCC(CCCCC#N)OCCC(Cl)Cl. The Kier molecular flexibility index (Phi) is 17.4. The highest BCUT2D eigenvalue weighted by Crippen LogP contribution is 2.17. The highest BCUT2D eigenvalue weighted by molar-refractivity contribution is 6.44. The maximum Gasteiger partial charge on any atom is 0.110 e. The van der Waals surface area contributed by atoms with E-state index < -0.39 is 0 Å². The summed E-state index contributed by atoms with van der Waals surface area (Å²) in [5.41, 5.74) is 0. The second kappa shape index (κ2) is 17.4. The smallest absolute Gasteiger partial charge is 0.110 e. The fourth-order valence-electron chi connectivity index (χ4n) is 2.54. The van der Waals surface area contributed by atoms with Crippen LogP contribution < -0.4 is 0 Å². The zero-order chi connectivity index (χ0) is 16.5. The molecule has 0 aliphatic carbocycles. The quantitative estimate of drug-likeness (QED) is 0.227. The lowest BCUT2D eigenvalue weighted by Crippen LogP contribution is -2.15. The molecule has 0 spiro atoms. The van der Waals surface area contributed by atoms with Crippen molar-refractivity contribution in [1.29, 1.82) is 5.26 Å². The summed E-state index contributed by atoms with van der Waals surface area (Å²) in [7, 11) is 0. The molecule has 0 aromatic heterocycles. The van der Waals surface area contributed by atoms with Crippen LogP contribution in [0.5, 0.6) is 0 Å². The molecule has 0 fully saturated rings. The lowest BCUT2D eigenvalue weighted by atomic mass is 10.0. The van der Waals surface area contributed by atoms with E-state index in [1.807, 2.05) is 0 Å². The van der Waals surface area contributed by atoms with Gasteiger partial charge in [0, 0.05) is 19.4 Å². The zero-order valence-electron chi connectivity index (χ0n) is 14.2. The molecule has 2 nitrogen and oxygen atoms in total. The molecule has 22 heavy (non-hydrogen) atoms. The molecule has 0 N–H and O–H groups in total. The van der Waals surface area contributed by atoms with Gasteiger partial charge in [-0.2, -0.15) is 5.26 Å². The summed E-state index contributed by atoms with van der Waals surface area (Å²) in [4.78, 5) is -0.335. The van der Waals surface area contributed by atoms with Crippen LogP contribution in [0.1, 0.15) is 90.4 Å². The maximum absolute atomic E-state index is 8.59. The molecule has 1 unspecified atom stereocenters. The lowest BCUT2D eigenvalue weighted by Gasteiger charge is -2.18. The molecular formula is C18H33Cl2NO. The van der Waals surface area contributed by atoms with E-state index in [0.29, 0.717) is 25.6 Å². The fourth-order valence-corrected chi connectivity index (χ4v) is 2.72. The molecule has 0 aromatic rings. The van der Waals surface area contributed by atoms with E-state index in [9.17, 15) is 0 Å². The van der Waals surface area contributed by atoms with Gasteiger partial charge in [-0.25, -0.2) is 0 Å². The molecule has 0 saturated heterocycles. The first-order valence-electron chi connectivity index (χ1n) is 8.97. The molecule has 0 aromatic carbocycles. The third kappa shape index (κ3) is 16.4. The minimum atomic E-state index is -0.335. The predicted molar refractivity (Wildman–Crippen MR) is 96.5 cm³/mol. The van der Waals surface area contributed by atoms with E-state index in [1.54, 1.807) is 0 Å². The van der Waals surface area contributed by atoms with E-state index in [4.69, 9.17) is 33.2 Å². The Morgan fingerprint density at radius 1 is 0.864 bits per heavy atom. The van der Waals surface area contributed by atoms with Crippen LogP contribution in [0, 0.1) is 11.3 Å². The van der Waals surface area contributed by atoms with E-state index in [0.717, 1.165) is 25.7 Å². The monoisotopic (exact) mass is 349 g/mol. The van der Waals surface area contributed by atoms with E-state index in [2.05, 4.69) is 13.0 Å². The normalized spacial score (nSPS) is 12.5. The predicted octanol–water partition coefficient (Wildman–Crippen LogP) is 6.79. The van der Waals surface area contributed by atoms with Crippen molar-refractivity contribution in [3.63, 3.8) is 0 Å². The van der Waals surface area contributed by atoms with Crippen LogP contribution in [0.2, 0.25) is 0 Å². The summed E-state index contributed by atoms with van der Waals surface area (Å²) in [6.45, 7) is 2.89. The minimum Gasteiger partial charge on any atom is -0.378 e. The van der Waals surface area contributed by atoms with Crippen molar-refractivity contribution in [2.24, 2.45) is 0 Å². The van der Waals surface area contributed by atoms with Crippen LogP contribution in [-0.2, 0) is 4.74 Å². The molecule has 0 amide bonds. The third-order valence-corrected chi connectivity index (χ3v) is 4.32. The Labute approximate surface area is 147 Å². The largest absolute Gasteiger partial charge is 0.378 e. The van der Waals surface area contributed by atoms with Gasteiger partial charge in [-0.1, -0.05) is 51.9 Å². The van der Waals surface area contributed by atoms with Crippen LogP contribution in [-0.4, -0.2) is 17.5 Å². The zero-order valence-corrected chi connectivity index (χ0v) is 15.7. The average Bonchev–Trinajstić information content (AvgIpc) is 2.49. The van der Waals surface area contributed by atoms with Gasteiger partial charge >= 0.3 is 0 Å². The van der Waals surface area contributed by atoms with Crippen LogP contribution in [0.25, 0.3) is 0 Å². The summed E-state index contributed by atoms with van der Waals surface area (Å²) in [6, 6.07) is 2.20. The van der Waals surface area contributed by atoms with E-state index >= 15 is 0 Å². The summed E-state index contributed by atoms with van der Waals surface area (Å²) >= 11 is 11.5. The minimum absolute atomic E-state index is 0.307. The van der Waals surface area contributed by atoms with Gasteiger partial charge < -0.3 is 4.74 Å². The lowest BCUT2D eigenvalue weighted by molar-refractivity contribution is 0.0382. The number of hydrogen-bond donors (Lipinski definition) is 0. The molecule has 0 radical (unpaired) electrons. The molecular weight excluding hydrogens is 317 g/mol. The van der Waals surface area contributed by atoms with Gasteiger partial charge in [0.15, 0.2) is 0 Å². The number of hydrogen-bond acceptors (Lipinski definition) is 2. The Balaban J connectivity index is 3.73. The van der Waals surface area contributed by atoms with Gasteiger partial charge in [-0.15, -0.1) is 23.2 Å². The van der Waals surface area contributed by atoms with Crippen LogP contribution in [0.3, 0.4) is 0 Å². The molecule has 0 aliphatic heterocycles. The van der Waals surface area contributed by atoms with Gasteiger partial charge in [-0.05, 0) is 25.7 Å². The second-order valence-corrected chi connectivity index (χ2v) is 7.26. The molecule has 4 heteroatoms. The third-order valence-electron chi connectivity index (χ3n) is 3.88. The maximum atomic E-state index is 8.59. The van der Waals surface area contributed by atoms with E-state index in [-0.39, 0.29) is 4.84 Å². The van der Waals surface area contributed by atoms with Gasteiger partial charge in [-0.3, -0.25) is 0 Å². The first kappa shape index (κ1) is 22.0. The Hall–Kier alpha value is 0.0300. The number of nitriles is 1. The number of ether oxygens (including phenoxy) is 1. The highest BCUT2D eigenvalue weighted by Gasteiger charge is 2.10. The van der Waals surface area contributed by atoms with Crippen LogP contribution in [0.4, 0.5) is 0 Å². The van der Waals surface area contributed by atoms with Gasteiger partial charge in [0.1, 0.15) is 4.84 Å². The average molecular weight is 350 g/mol. The molecule has 0 saturated carbocycles.